The second-order valence-corrected chi connectivity index (χ2v) is 6.31. The SMILES string of the molecule is CNc1cc(N2CCC(F)CC2)c(C(=O)NCC(C)(F)F)cc1[N+](=O)[O-]. The number of nitrogens with one attached hydrogen (secondary N) is 2. The van der Waals surface area contributed by atoms with E-state index in [1.807, 2.05) is 0 Å². The normalized spacial score (nSPS) is 15.7. The topological polar surface area (TPSA) is 87.5 Å². The lowest BCUT2D eigenvalue weighted by Gasteiger charge is -2.32. The summed E-state index contributed by atoms with van der Waals surface area (Å²) < 4.78 is 39.5. The van der Waals surface area contributed by atoms with Crippen LogP contribution in [0.3, 0.4) is 0 Å². The summed E-state index contributed by atoms with van der Waals surface area (Å²) in [7, 11) is 1.50. The van der Waals surface area contributed by atoms with Crippen LogP contribution < -0.4 is 15.5 Å². The Labute approximate surface area is 148 Å². The summed E-state index contributed by atoms with van der Waals surface area (Å²) in [5.74, 6) is -3.95. The number of benzene rings is 1. The van der Waals surface area contributed by atoms with E-state index in [-0.39, 0.29) is 29.8 Å². The maximum Gasteiger partial charge on any atom is 0.293 e. The zero-order chi connectivity index (χ0) is 19.5. The smallest absolute Gasteiger partial charge is 0.293 e. The van der Waals surface area contributed by atoms with Crippen molar-refractivity contribution in [1.29, 1.82) is 0 Å². The van der Waals surface area contributed by atoms with Crippen LogP contribution in [-0.2, 0) is 0 Å². The van der Waals surface area contributed by atoms with Crippen LogP contribution in [0.15, 0.2) is 12.1 Å². The zero-order valence-corrected chi connectivity index (χ0v) is 14.5. The van der Waals surface area contributed by atoms with Crippen LogP contribution in [0, 0.1) is 10.1 Å². The van der Waals surface area contributed by atoms with Gasteiger partial charge in [0.1, 0.15) is 11.9 Å². The van der Waals surface area contributed by atoms with Crippen LogP contribution in [0.4, 0.5) is 30.2 Å². The molecule has 1 heterocycles. The molecule has 1 amide bonds. The van der Waals surface area contributed by atoms with E-state index in [1.54, 1.807) is 4.90 Å². The van der Waals surface area contributed by atoms with E-state index in [4.69, 9.17) is 0 Å². The summed E-state index contributed by atoms with van der Waals surface area (Å²) >= 11 is 0. The molecule has 2 rings (SSSR count). The number of amides is 1. The lowest BCUT2D eigenvalue weighted by molar-refractivity contribution is -0.383. The number of piperidine rings is 1. The van der Waals surface area contributed by atoms with Gasteiger partial charge in [0.25, 0.3) is 17.5 Å². The highest BCUT2D eigenvalue weighted by molar-refractivity contribution is 6.02. The van der Waals surface area contributed by atoms with Gasteiger partial charge in [-0.05, 0) is 18.9 Å². The Morgan fingerprint density at radius 2 is 2.00 bits per heavy atom. The number of hydrogen-bond acceptors (Lipinski definition) is 5. The first-order chi connectivity index (χ1) is 12.1. The maximum atomic E-state index is 13.4. The van der Waals surface area contributed by atoms with E-state index in [2.05, 4.69) is 10.6 Å². The fourth-order valence-corrected chi connectivity index (χ4v) is 2.79. The summed E-state index contributed by atoms with van der Waals surface area (Å²) in [5.41, 5.74) is 0.107. The molecule has 1 aromatic carbocycles. The molecular weight excluding hydrogens is 353 g/mol. The van der Waals surface area contributed by atoms with E-state index in [0.29, 0.717) is 25.7 Å². The van der Waals surface area contributed by atoms with Crippen molar-refractivity contribution in [3.05, 3.63) is 27.8 Å². The van der Waals surface area contributed by atoms with Gasteiger partial charge in [-0.3, -0.25) is 14.9 Å². The minimum atomic E-state index is -3.11. The molecule has 1 aliphatic heterocycles. The van der Waals surface area contributed by atoms with Crippen LogP contribution in [0.25, 0.3) is 0 Å². The summed E-state index contributed by atoms with van der Waals surface area (Å²) in [4.78, 5) is 24.7. The molecule has 0 spiro atoms. The molecule has 144 valence electrons. The molecule has 10 heteroatoms. The highest BCUT2D eigenvalue weighted by Crippen LogP contribution is 2.35. The summed E-state index contributed by atoms with van der Waals surface area (Å²) in [6.45, 7) is 0.421. The first-order valence-electron chi connectivity index (χ1n) is 8.17. The van der Waals surface area contributed by atoms with Gasteiger partial charge in [0.2, 0.25) is 0 Å². The monoisotopic (exact) mass is 374 g/mol. The highest BCUT2D eigenvalue weighted by atomic mass is 19.3. The average Bonchev–Trinajstić information content (AvgIpc) is 2.58. The van der Waals surface area contributed by atoms with Crippen LogP contribution in [0.5, 0.6) is 0 Å². The minimum Gasteiger partial charge on any atom is -0.383 e. The Kier molecular flexibility index (Phi) is 5.94. The Balaban J connectivity index is 2.42. The van der Waals surface area contributed by atoms with E-state index in [1.165, 1.54) is 13.1 Å². The number of nitrogens with zero attached hydrogens (tertiary/aromatic N) is 2. The third-order valence-electron chi connectivity index (χ3n) is 4.15. The molecule has 26 heavy (non-hydrogen) atoms. The minimum absolute atomic E-state index is 0.0859. The molecule has 0 aromatic heterocycles. The second-order valence-electron chi connectivity index (χ2n) is 6.31. The van der Waals surface area contributed by atoms with Crippen molar-refractivity contribution in [3.8, 4) is 0 Å². The van der Waals surface area contributed by atoms with Crippen molar-refractivity contribution in [2.45, 2.75) is 31.9 Å². The van der Waals surface area contributed by atoms with Gasteiger partial charge >= 0.3 is 0 Å². The van der Waals surface area contributed by atoms with Gasteiger partial charge in [-0.2, -0.15) is 0 Å². The number of hydrogen-bond donors (Lipinski definition) is 2. The van der Waals surface area contributed by atoms with Crippen molar-refractivity contribution >= 4 is 23.0 Å². The fourth-order valence-electron chi connectivity index (χ4n) is 2.79. The standard InChI is InChI=1S/C16H21F3N4O3/c1-16(18,19)9-21-15(24)11-7-14(23(25)26)12(20-2)8-13(11)22-5-3-10(17)4-6-22/h7-8,10,20H,3-6,9H2,1-2H3,(H,21,24). The molecule has 0 bridgehead atoms. The molecule has 2 N–H and O–H groups in total. The molecule has 0 saturated carbocycles. The largest absolute Gasteiger partial charge is 0.383 e. The molecule has 1 aromatic rings. The Bertz CT molecular complexity index is 686. The third-order valence-corrected chi connectivity index (χ3v) is 4.15. The first kappa shape index (κ1) is 19.8. The first-order valence-corrected chi connectivity index (χ1v) is 8.17. The third kappa shape index (κ3) is 4.77. The second kappa shape index (κ2) is 7.79. The quantitative estimate of drug-likeness (QED) is 0.590. The van der Waals surface area contributed by atoms with Crippen LogP contribution in [0.1, 0.15) is 30.1 Å². The molecule has 1 aliphatic rings. The average molecular weight is 374 g/mol. The Hall–Kier alpha value is -2.52. The van der Waals surface area contributed by atoms with Crippen LogP contribution >= 0.6 is 0 Å². The highest BCUT2D eigenvalue weighted by Gasteiger charge is 2.28. The number of nitro benzene ring substituents is 1. The predicted molar refractivity (Wildman–Crippen MR) is 91.9 cm³/mol. The van der Waals surface area contributed by atoms with Gasteiger partial charge in [0, 0.05) is 33.1 Å². The number of alkyl halides is 3. The van der Waals surface area contributed by atoms with Gasteiger partial charge < -0.3 is 15.5 Å². The number of carbonyl (C=O) groups is 1. The van der Waals surface area contributed by atoms with E-state index < -0.39 is 29.5 Å². The van der Waals surface area contributed by atoms with Crippen molar-refractivity contribution in [3.63, 3.8) is 0 Å². The van der Waals surface area contributed by atoms with Crippen molar-refractivity contribution in [2.24, 2.45) is 0 Å². The molecule has 0 radical (unpaired) electrons. The van der Waals surface area contributed by atoms with Gasteiger partial charge in [-0.25, -0.2) is 13.2 Å². The molecule has 0 atom stereocenters. The maximum absolute atomic E-state index is 13.4. The predicted octanol–water partition coefficient (Wildman–Crippen LogP) is 2.96. The van der Waals surface area contributed by atoms with Gasteiger partial charge in [0.15, 0.2) is 0 Å². The molecular formula is C16H21F3N4O3. The number of carbonyl (C=O) groups excluding carboxylic acids is 1. The fraction of sp³-hybridized carbons (Fsp3) is 0.562. The molecule has 0 aliphatic carbocycles. The van der Waals surface area contributed by atoms with E-state index in [9.17, 15) is 28.1 Å². The van der Waals surface area contributed by atoms with Crippen molar-refractivity contribution in [2.75, 3.05) is 36.9 Å². The van der Waals surface area contributed by atoms with E-state index in [0.717, 1.165) is 6.07 Å². The van der Waals surface area contributed by atoms with Crippen LogP contribution in [-0.4, -0.2) is 49.6 Å². The number of rotatable bonds is 6. The summed E-state index contributed by atoms with van der Waals surface area (Å²) in [5, 5.41) is 16.0. The van der Waals surface area contributed by atoms with Crippen LogP contribution in [0.2, 0.25) is 0 Å². The zero-order valence-electron chi connectivity index (χ0n) is 14.5. The van der Waals surface area contributed by atoms with Crippen molar-refractivity contribution in [1.82, 2.24) is 5.32 Å². The van der Waals surface area contributed by atoms with Gasteiger partial charge in [-0.1, -0.05) is 0 Å². The number of nitro groups is 1. The van der Waals surface area contributed by atoms with Gasteiger partial charge in [-0.15, -0.1) is 0 Å². The summed E-state index contributed by atoms with van der Waals surface area (Å²) in [6.07, 6.45) is -0.413. The van der Waals surface area contributed by atoms with Crippen molar-refractivity contribution < 1.29 is 22.9 Å². The lowest BCUT2D eigenvalue weighted by Crippen LogP contribution is -2.38. The summed E-state index contributed by atoms with van der Waals surface area (Å²) in [6, 6.07) is 2.49. The number of anilines is 2. The number of halogens is 3. The molecule has 1 saturated heterocycles. The molecule has 0 unspecified atom stereocenters. The lowest BCUT2D eigenvalue weighted by atomic mass is 10.0. The molecule has 7 nitrogen and oxygen atoms in total. The van der Waals surface area contributed by atoms with E-state index >= 15 is 0 Å². The Morgan fingerprint density at radius 1 is 1.38 bits per heavy atom. The molecule has 1 fully saturated rings. The Morgan fingerprint density at radius 3 is 2.50 bits per heavy atom. The van der Waals surface area contributed by atoms with Gasteiger partial charge in [0.05, 0.1) is 22.7 Å².